The van der Waals surface area contributed by atoms with Gasteiger partial charge in [0.05, 0.1) is 18.8 Å². The molecule has 2 aromatic carbocycles. The fourth-order valence-corrected chi connectivity index (χ4v) is 3.08. The molecule has 2 heterocycles. The molecular formula is C20H20N6O. The molecule has 0 aliphatic rings. The molecule has 0 bridgehead atoms. The van der Waals surface area contributed by atoms with E-state index in [1.807, 2.05) is 56.6 Å². The van der Waals surface area contributed by atoms with E-state index >= 15 is 0 Å². The number of methoxy groups -OCH3 is 1. The van der Waals surface area contributed by atoms with Gasteiger partial charge in [-0.05, 0) is 36.8 Å². The van der Waals surface area contributed by atoms with Gasteiger partial charge in [0.25, 0.3) is 0 Å². The fraction of sp³-hybridized carbons (Fsp3) is 0.150. The van der Waals surface area contributed by atoms with Crippen LogP contribution in [0, 0.1) is 6.92 Å². The number of aryl methyl sites for hydroxylation is 1. The van der Waals surface area contributed by atoms with E-state index in [1.54, 1.807) is 7.11 Å². The Kier molecular flexibility index (Phi) is 4.33. The first-order chi connectivity index (χ1) is 13.2. The van der Waals surface area contributed by atoms with Crippen molar-refractivity contribution >= 4 is 28.4 Å². The summed E-state index contributed by atoms with van der Waals surface area (Å²) in [7, 11) is 3.51. The monoisotopic (exact) mass is 360 g/mol. The summed E-state index contributed by atoms with van der Waals surface area (Å²) in [6.07, 6.45) is 1.83. The Morgan fingerprint density at radius 2 is 1.93 bits per heavy atom. The highest BCUT2D eigenvalue weighted by atomic mass is 16.5. The van der Waals surface area contributed by atoms with Gasteiger partial charge < -0.3 is 15.4 Å². The first-order valence-corrected chi connectivity index (χ1v) is 8.59. The zero-order valence-electron chi connectivity index (χ0n) is 15.4. The fourth-order valence-electron chi connectivity index (χ4n) is 3.08. The van der Waals surface area contributed by atoms with Crippen molar-refractivity contribution in [3.63, 3.8) is 0 Å². The number of aromatic amines is 1. The van der Waals surface area contributed by atoms with Gasteiger partial charge in [-0.3, -0.25) is 5.10 Å². The summed E-state index contributed by atoms with van der Waals surface area (Å²) in [5, 5.41) is 14.5. The third-order valence-electron chi connectivity index (χ3n) is 4.34. The van der Waals surface area contributed by atoms with Crippen LogP contribution in [0.1, 0.15) is 5.69 Å². The van der Waals surface area contributed by atoms with E-state index in [4.69, 9.17) is 4.74 Å². The number of benzene rings is 2. The minimum absolute atomic E-state index is 0.539. The first kappa shape index (κ1) is 16.8. The van der Waals surface area contributed by atoms with Gasteiger partial charge in [-0.25, -0.2) is 4.98 Å². The van der Waals surface area contributed by atoms with Crippen LogP contribution in [0.5, 0.6) is 5.75 Å². The van der Waals surface area contributed by atoms with Crippen LogP contribution in [0.2, 0.25) is 0 Å². The lowest BCUT2D eigenvalue weighted by atomic mass is 10.0. The SMILES string of the molecule is CNc1cc(C)nc(Nc2ccc(OC)c(-c3cccc4[nH]ncc34)c2)n1. The standard InChI is InChI=1S/C20H20N6O/c1-12-9-19(21-2)25-20(23-12)24-13-7-8-18(27-3)15(10-13)14-5-4-6-17-16(14)11-22-26-17/h4-11H,1-3H3,(H,22,26)(H2,21,23,24,25). The van der Waals surface area contributed by atoms with Crippen molar-refractivity contribution in [1.82, 2.24) is 20.2 Å². The maximum Gasteiger partial charge on any atom is 0.229 e. The molecule has 0 radical (unpaired) electrons. The number of hydrogen-bond acceptors (Lipinski definition) is 6. The summed E-state index contributed by atoms with van der Waals surface area (Å²) in [6.45, 7) is 1.94. The van der Waals surface area contributed by atoms with Gasteiger partial charge in [0.1, 0.15) is 11.6 Å². The Morgan fingerprint density at radius 1 is 1.04 bits per heavy atom. The zero-order chi connectivity index (χ0) is 18.8. The lowest BCUT2D eigenvalue weighted by Crippen LogP contribution is -2.02. The highest BCUT2D eigenvalue weighted by molar-refractivity contribution is 5.96. The molecule has 0 aliphatic carbocycles. The van der Waals surface area contributed by atoms with Crippen LogP contribution in [-0.2, 0) is 0 Å². The van der Waals surface area contributed by atoms with Crippen LogP contribution in [0.25, 0.3) is 22.0 Å². The Labute approximate surface area is 156 Å². The van der Waals surface area contributed by atoms with Crippen molar-refractivity contribution in [3.8, 4) is 16.9 Å². The second-order valence-corrected chi connectivity index (χ2v) is 6.15. The smallest absolute Gasteiger partial charge is 0.229 e. The summed E-state index contributed by atoms with van der Waals surface area (Å²) in [6, 6.07) is 13.9. The molecule has 0 aliphatic heterocycles. The van der Waals surface area contributed by atoms with Crippen molar-refractivity contribution in [2.24, 2.45) is 0 Å². The molecule has 0 fully saturated rings. The third kappa shape index (κ3) is 3.27. The predicted molar refractivity (Wildman–Crippen MR) is 108 cm³/mol. The molecule has 7 nitrogen and oxygen atoms in total. The number of rotatable bonds is 5. The second kappa shape index (κ2) is 6.95. The molecule has 0 spiro atoms. The van der Waals surface area contributed by atoms with E-state index in [-0.39, 0.29) is 0 Å². The van der Waals surface area contributed by atoms with E-state index in [0.717, 1.165) is 45.0 Å². The zero-order valence-corrected chi connectivity index (χ0v) is 15.4. The molecule has 3 N–H and O–H groups in total. The highest BCUT2D eigenvalue weighted by Crippen LogP contribution is 2.36. The quantitative estimate of drug-likeness (QED) is 0.496. The van der Waals surface area contributed by atoms with E-state index < -0.39 is 0 Å². The van der Waals surface area contributed by atoms with Crippen LogP contribution >= 0.6 is 0 Å². The second-order valence-electron chi connectivity index (χ2n) is 6.15. The van der Waals surface area contributed by atoms with Crippen LogP contribution < -0.4 is 15.4 Å². The summed E-state index contributed by atoms with van der Waals surface area (Å²) < 4.78 is 5.59. The summed E-state index contributed by atoms with van der Waals surface area (Å²) >= 11 is 0. The molecule has 0 atom stereocenters. The molecular weight excluding hydrogens is 340 g/mol. The molecule has 4 aromatic rings. The van der Waals surface area contributed by atoms with Gasteiger partial charge in [-0.1, -0.05) is 12.1 Å². The first-order valence-electron chi connectivity index (χ1n) is 8.59. The van der Waals surface area contributed by atoms with E-state index in [1.165, 1.54) is 0 Å². The molecule has 0 unspecified atom stereocenters. The predicted octanol–water partition coefficient (Wildman–Crippen LogP) is 4.12. The van der Waals surface area contributed by atoms with Gasteiger partial charge in [0.2, 0.25) is 5.95 Å². The van der Waals surface area contributed by atoms with Crippen molar-refractivity contribution in [2.45, 2.75) is 6.92 Å². The lowest BCUT2D eigenvalue weighted by Gasteiger charge is -2.13. The summed E-state index contributed by atoms with van der Waals surface area (Å²) in [4.78, 5) is 8.91. The third-order valence-corrected chi connectivity index (χ3v) is 4.34. The van der Waals surface area contributed by atoms with E-state index in [0.29, 0.717) is 5.95 Å². The number of fused-ring (bicyclic) bond motifs is 1. The molecule has 2 aromatic heterocycles. The Bertz CT molecular complexity index is 1100. The normalized spacial score (nSPS) is 10.8. The van der Waals surface area contributed by atoms with Gasteiger partial charge in [0, 0.05) is 35.4 Å². The number of hydrogen-bond donors (Lipinski definition) is 3. The Hall–Kier alpha value is -3.61. The number of aromatic nitrogens is 4. The Balaban J connectivity index is 1.78. The molecule has 136 valence electrons. The van der Waals surface area contributed by atoms with Crippen molar-refractivity contribution in [2.75, 3.05) is 24.8 Å². The molecule has 7 heteroatoms. The van der Waals surface area contributed by atoms with E-state index in [9.17, 15) is 0 Å². The van der Waals surface area contributed by atoms with Gasteiger partial charge >= 0.3 is 0 Å². The van der Waals surface area contributed by atoms with Gasteiger partial charge in [-0.2, -0.15) is 10.1 Å². The Morgan fingerprint density at radius 3 is 2.74 bits per heavy atom. The van der Waals surface area contributed by atoms with E-state index in [2.05, 4.69) is 36.9 Å². The van der Waals surface area contributed by atoms with Crippen molar-refractivity contribution < 1.29 is 4.74 Å². The average molecular weight is 360 g/mol. The minimum Gasteiger partial charge on any atom is -0.496 e. The van der Waals surface area contributed by atoms with Crippen LogP contribution in [0.4, 0.5) is 17.5 Å². The number of anilines is 3. The summed E-state index contributed by atoms with van der Waals surface area (Å²) in [5.74, 6) is 2.09. The van der Waals surface area contributed by atoms with Crippen molar-refractivity contribution in [3.05, 3.63) is 54.4 Å². The van der Waals surface area contributed by atoms with Crippen LogP contribution in [0.3, 0.4) is 0 Å². The largest absolute Gasteiger partial charge is 0.496 e. The number of nitrogens with zero attached hydrogens (tertiary/aromatic N) is 3. The molecule has 27 heavy (non-hydrogen) atoms. The maximum atomic E-state index is 5.59. The van der Waals surface area contributed by atoms with Crippen LogP contribution in [0.15, 0.2) is 48.7 Å². The van der Waals surface area contributed by atoms with Crippen LogP contribution in [-0.4, -0.2) is 34.3 Å². The average Bonchev–Trinajstić information content (AvgIpc) is 3.16. The summed E-state index contributed by atoms with van der Waals surface area (Å²) in [5.41, 5.74) is 4.75. The van der Waals surface area contributed by atoms with Gasteiger partial charge in [-0.15, -0.1) is 0 Å². The number of H-pyrrole nitrogens is 1. The highest BCUT2D eigenvalue weighted by Gasteiger charge is 2.12. The molecule has 0 saturated carbocycles. The van der Waals surface area contributed by atoms with Crippen molar-refractivity contribution in [1.29, 1.82) is 0 Å². The molecule has 0 amide bonds. The minimum atomic E-state index is 0.539. The lowest BCUT2D eigenvalue weighted by molar-refractivity contribution is 0.416. The maximum absolute atomic E-state index is 5.59. The number of nitrogens with one attached hydrogen (secondary N) is 3. The molecule has 0 saturated heterocycles. The van der Waals surface area contributed by atoms with Gasteiger partial charge in [0.15, 0.2) is 0 Å². The molecule has 4 rings (SSSR count). The topological polar surface area (TPSA) is 87.8 Å². The number of ether oxygens (including phenoxy) is 1.